The molecule has 4 rings (SSSR count). The molecule has 0 unspecified atom stereocenters. The molecule has 0 aliphatic carbocycles. The van der Waals surface area contributed by atoms with Crippen molar-refractivity contribution in [2.24, 2.45) is 0 Å². The van der Waals surface area contributed by atoms with Gasteiger partial charge in [0.25, 0.3) is 5.91 Å². The molecule has 0 spiro atoms. The average molecular weight is 377 g/mol. The molecule has 28 heavy (non-hydrogen) atoms. The molecule has 3 N–H and O–H groups in total. The zero-order chi connectivity index (χ0) is 19.7. The third-order valence-electron chi connectivity index (χ3n) is 5.82. The van der Waals surface area contributed by atoms with Crippen LogP contribution in [-0.2, 0) is 0 Å². The van der Waals surface area contributed by atoms with Crippen LogP contribution in [0.4, 0.5) is 11.4 Å². The fraction of sp³-hybridized carbons (Fsp3) is 0.348. The van der Waals surface area contributed by atoms with Gasteiger partial charge in [-0.15, -0.1) is 0 Å². The number of fused-ring (bicyclic) bond motifs is 1. The molecule has 146 valence electrons. The van der Waals surface area contributed by atoms with Crippen molar-refractivity contribution in [3.05, 3.63) is 59.3 Å². The molecule has 0 saturated carbocycles. The summed E-state index contributed by atoms with van der Waals surface area (Å²) < 4.78 is 0. The quantitative estimate of drug-likeness (QED) is 0.626. The van der Waals surface area contributed by atoms with Crippen LogP contribution in [0.3, 0.4) is 0 Å². The molecule has 2 heterocycles. The van der Waals surface area contributed by atoms with Gasteiger partial charge in [0, 0.05) is 28.2 Å². The third-order valence-corrected chi connectivity index (χ3v) is 5.82. The van der Waals surface area contributed by atoms with E-state index in [-0.39, 0.29) is 5.91 Å². The standard InChI is InChI=1S/C23H28N4O/c1-15-16(2)24-20-9-8-17(14-19(15)20)23(28)26-22-7-5-4-6-21(22)25-18-10-12-27(3)13-11-18/h4-9,14,18,24-25H,10-13H2,1-3H3,(H,26,28). The van der Waals surface area contributed by atoms with Crippen molar-refractivity contribution in [3.8, 4) is 0 Å². The van der Waals surface area contributed by atoms with E-state index in [0.29, 0.717) is 11.6 Å². The van der Waals surface area contributed by atoms with Gasteiger partial charge in [-0.1, -0.05) is 12.1 Å². The number of anilines is 2. The highest BCUT2D eigenvalue weighted by molar-refractivity contribution is 6.08. The number of piperidine rings is 1. The topological polar surface area (TPSA) is 60.2 Å². The van der Waals surface area contributed by atoms with E-state index in [4.69, 9.17) is 0 Å². The van der Waals surface area contributed by atoms with Crippen LogP contribution in [0.1, 0.15) is 34.5 Å². The Morgan fingerprint density at radius 2 is 1.79 bits per heavy atom. The fourth-order valence-corrected chi connectivity index (χ4v) is 3.89. The van der Waals surface area contributed by atoms with Crippen LogP contribution in [0, 0.1) is 13.8 Å². The number of hydrogen-bond acceptors (Lipinski definition) is 3. The molecular weight excluding hydrogens is 348 g/mol. The van der Waals surface area contributed by atoms with Gasteiger partial charge in [0.2, 0.25) is 0 Å². The molecule has 5 nitrogen and oxygen atoms in total. The summed E-state index contributed by atoms with van der Waals surface area (Å²) in [6.45, 7) is 6.33. The van der Waals surface area contributed by atoms with Crippen molar-refractivity contribution < 1.29 is 4.79 Å². The lowest BCUT2D eigenvalue weighted by atomic mass is 10.0. The van der Waals surface area contributed by atoms with Gasteiger partial charge in [0.1, 0.15) is 0 Å². The molecule has 1 saturated heterocycles. The van der Waals surface area contributed by atoms with Gasteiger partial charge >= 0.3 is 0 Å². The lowest BCUT2D eigenvalue weighted by Crippen LogP contribution is -2.36. The first-order valence-corrected chi connectivity index (χ1v) is 9.95. The van der Waals surface area contributed by atoms with Crippen molar-refractivity contribution in [2.45, 2.75) is 32.7 Å². The first kappa shape index (κ1) is 18.6. The van der Waals surface area contributed by atoms with Gasteiger partial charge in [-0.25, -0.2) is 0 Å². The summed E-state index contributed by atoms with van der Waals surface area (Å²) in [5.41, 5.74) is 5.88. The van der Waals surface area contributed by atoms with Crippen LogP contribution in [0.5, 0.6) is 0 Å². The molecule has 5 heteroatoms. The summed E-state index contributed by atoms with van der Waals surface area (Å²) >= 11 is 0. The van der Waals surface area contributed by atoms with E-state index >= 15 is 0 Å². The minimum absolute atomic E-state index is 0.0854. The molecule has 3 aromatic rings. The maximum absolute atomic E-state index is 12.9. The number of likely N-dealkylation sites (tertiary alicyclic amines) is 1. The first-order chi connectivity index (χ1) is 13.5. The Morgan fingerprint density at radius 1 is 1.07 bits per heavy atom. The van der Waals surface area contributed by atoms with E-state index in [1.54, 1.807) is 0 Å². The third kappa shape index (κ3) is 3.76. The first-order valence-electron chi connectivity index (χ1n) is 9.95. The molecule has 1 aromatic heterocycles. The van der Waals surface area contributed by atoms with Crippen LogP contribution in [0.2, 0.25) is 0 Å². The SMILES string of the molecule is Cc1[nH]c2ccc(C(=O)Nc3ccccc3NC3CCN(C)CC3)cc2c1C. The smallest absolute Gasteiger partial charge is 0.255 e. The number of aromatic nitrogens is 1. The Hall–Kier alpha value is -2.79. The van der Waals surface area contributed by atoms with E-state index in [1.807, 2.05) is 42.5 Å². The van der Waals surface area contributed by atoms with Crippen molar-refractivity contribution in [1.29, 1.82) is 0 Å². The van der Waals surface area contributed by atoms with Gasteiger partial charge < -0.3 is 20.5 Å². The fourth-order valence-electron chi connectivity index (χ4n) is 3.89. The number of hydrogen-bond donors (Lipinski definition) is 3. The Kier molecular flexibility index (Phi) is 5.09. The Labute approximate surface area is 166 Å². The Balaban J connectivity index is 1.52. The van der Waals surface area contributed by atoms with Crippen LogP contribution < -0.4 is 10.6 Å². The van der Waals surface area contributed by atoms with Crippen LogP contribution in [0.15, 0.2) is 42.5 Å². The second kappa shape index (κ2) is 7.68. The van der Waals surface area contributed by atoms with Crippen molar-refractivity contribution in [2.75, 3.05) is 30.8 Å². The number of carbonyl (C=O) groups is 1. The molecule has 0 bridgehead atoms. The average Bonchev–Trinajstić information content (AvgIpc) is 2.98. The van der Waals surface area contributed by atoms with Gasteiger partial charge in [-0.05, 0) is 82.7 Å². The number of aromatic amines is 1. The molecule has 1 amide bonds. The lowest BCUT2D eigenvalue weighted by molar-refractivity contribution is 0.102. The minimum Gasteiger partial charge on any atom is -0.381 e. The Morgan fingerprint density at radius 3 is 2.54 bits per heavy atom. The van der Waals surface area contributed by atoms with Crippen molar-refractivity contribution in [1.82, 2.24) is 9.88 Å². The number of benzene rings is 2. The zero-order valence-electron chi connectivity index (χ0n) is 16.8. The summed E-state index contributed by atoms with van der Waals surface area (Å²) in [5.74, 6) is -0.0854. The second-order valence-corrected chi connectivity index (χ2v) is 7.86. The van der Waals surface area contributed by atoms with Crippen molar-refractivity contribution in [3.63, 3.8) is 0 Å². The monoisotopic (exact) mass is 376 g/mol. The van der Waals surface area contributed by atoms with Gasteiger partial charge in [0.15, 0.2) is 0 Å². The largest absolute Gasteiger partial charge is 0.381 e. The maximum atomic E-state index is 12.9. The highest BCUT2D eigenvalue weighted by atomic mass is 16.1. The number of nitrogens with zero attached hydrogens (tertiary/aromatic N) is 1. The van der Waals surface area contributed by atoms with Gasteiger partial charge in [-0.2, -0.15) is 0 Å². The van der Waals surface area contributed by atoms with E-state index in [2.05, 4.69) is 41.4 Å². The molecule has 2 aromatic carbocycles. The van der Waals surface area contributed by atoms with E-state index in [9.17, 15) is 4.79 Å². The van der Waals surface area contributed by atoms with E-state index in [0.717, 1.165) is 53.9 Å². The normalized spacial score (nSPS) is 15.7. The van der Waals surface area contributed by atoms with E-state index in [1.165, 1.54) is 5.56 Å². The molecule has 1 aliphatic heterocycles. The number of nitrogens with one attached hydrogen (secondary N) is 3. The van der Waals surface area contributed by atoms with Crippen LogP contribution >= 0.6 is 0 Å². The van der Waals surface area contributed by atoms with Gasteiger partial charge in [-0.3, -0.25) is 4.79 Å². The van der Waals surface area contributed by atoms with Crippen LogP contribution in [-0.4, -0.2) is 42.0 Å². The minimum atomic E-state index is -0.0854. The molecule has 1 fully saturated rings. The summed E-state index contributed by atoms with van der Waals surface area (Å²) in [6, 6.07) is 14.2. The number of carbonyl (C=O) groups excluding carboxylic acids is 1. The van der Waals surface area contributed by atoms with Crippen LogP contribution in [0.25, 0.3) is 10.9 Å². The Bertz CT molecular complexity index is 999. The molecule has 0 atom stereocenters. The zero-order valence-corrected chi connectivity index (χ0v) is 16.8. The second-order valence-electron chi connectivity index (χ2n) is 7.86. The highest BCUT2D eigenvalue weighted by Gasteiger charge is 2.18. The molecule has 0 radical (unpaired) electrons. The predicted octanol–water partition coefficient (Wildman–Crippen LogP) is 4.54. The summed E-state index contributed by atoms with van der Waals surface area (Å²) in [6.07, 6.45) is 2.23. The lowest BCUT2D eigenvalue weighted by Gasteiger charge is -2.30. The number of aryl methyl sites for hydroxylation is 2. The van der Waals surface area contributed by atoms with Crippen molar-refractivity contribution >= 4 is 28.2 Å². The number of H-pyrrole nitrogens is 1. The molecule has 1 aliphatic rings. The number of amides is 1. The number of para-hydroxylation sites is 2. The summed E-state index contributed by atoms with van der Waals surface area (Å²) in [4.78, 5) is 18.6. The molecular formula is C23H28N4O. The highest BCUT2D eigenvalue weighted by Crippen LogP contribution is 2.26. The maximum Gasteiger partial charge on any atom is 0.255 e. The van der Waals surface area contributed by atoms with E-state index < -0.39 is 0 Å². The summed E-state index contributed by atoms with van der Waals surface area (Å²) in [7, 11) is 2.16. The van der Waals surface area contributed by atoms with Gasteiger partial charge in [0.05, 0.1) is 11.4 Å². The predicted molar refractivity (Wildman–Crippen MR) is 116 cm³/mol. The number of rotatable bonds is 4. The summed E-state index contributed by atoms with van der Waals surface area (Å²) in [5, 5.41) is 7.82.